The molecule has 4 aromatic rings. The normalized spacial score (nSPS) is 16.1. The van der Waals surface area contributed by atoms with Crippen LogP contribution in [0.1, 0.15) is 47.5 Å². The van der Waals surface area contributed by atoms with Crippen LogP contribution in [0, 0.1) is 0 Å². The van der Waals surface area contributed by atoms with Crippen LogP contribution in [0.3, 0.4) is 0 Å². The lowest BCUT2D eigenvalue weighted by atomic mass is 9.94. The fraction of sp³-hybridized carbons (Fsp3) is 0.258. The van der Waals surface area contributed by atoms with Gasteiger partial charge in [-0.2, -0.15) is 0 Å². The standard InChI is InChI=1S/C31H28ClN3O2/c32-24-12-6-11-23(19-24)31(15-16-31)30-33-27-14-7-17-35(20-26(27)29(37)34-30)28(36)18-22-10-4-5-13-25(22)21-8-2-1-3-9-21/h1-6,8-13,19H,7,14-18,20H2,(H,33,34,37). The van der Waals surface area contributed by atoms with Gasteiger partial charge in [-0.25, -0.2) is 4.98 Å². The predicted molar refractivity (Wildman–Crippen MR) is 146 cm³/mol. The van der Waals surface area contributed by atoms with Crippen LogP contribution in [0.15, 0.2) is 83.7 Å². The summed E-state index contributed by atoms with van der Waals surface area (Å²) < 4.78 is 0. The molecular weight excluding hydrogens is 482 g/mol. The van der Waals surface area contributed by atoms with Crippen LogP contribution in [0.5, 0.6) is 0 Å². The second-order valence-electron chi connectivity index (χ2n) is 10.1. The minimum Gasteiger partial charge on any atom is -0.338 e. The van der Waals surface area contributed by atoms with E-state index in [0.29, 0.717) is 30.0 Å². The number of halogens is 1. The Kier molecular flexibility index (Phi) is 6.17. The van der Waals surface area contributed by atoms with Gasteiger partial charge in [-0.05, 0) is 60.1 Å². The van der Waals surface area contributed by atoms with E-state index < -0.39 is 0 Å². The maximum atomic E-state index is 13.5. The molecule has 1 aromatic heterocycles. The minimum absolute atomic E-state index is 0.0253. The maximum absolute atomic E-state index is 13.5. The van der Waals surface area contributed by atoms with Gasteiger partial charge in [0.05, 0.1) is 29.6 Å². The molecule has 0 spiro atoms. The molecule has 1 fully saturated rings. The number of benzene rings is 3. The predicted octanol–water partition coefficient (Wildman–Crippen LogP) is 5.69. The summed E-state index contributed by atoms with van der Waals surface area (Å²) in [5, 5.41) is 0.684. The number of H-pyrrole nitrogens is 1. The van der Waals surface area contributed by atoms with E-state index in [4.69, 9.17) is 16.6 Å². The molecule has 0 bridgehead atoms. The summed E-state index contributed by atoms with van der Waals surface area (Å²) in [4.78, 5) is 36.6. The Bertz CT molecular complexity index is 1530. The molecule has 1 aliphatic heterocycles. The van der Waals surface area contributed by atoms with Crippen LogP contribution in [-0.2, 0) is 29.6 Å². The van der Waals surface area contributed by atoms with Gasteiger partial charge < -0.3 is 9.88 Å². The van der Waals surface area contributed by atoms with Gasteiger partial charge in [0.15, 0.2) is 0 Å². The third-order valence-electron chi connectivity index (χ3n) is 7.67. The van der Waals surface area contributed by atoms with Crippen LogP contribution < -0.4 is 5.56 Å². The second kappa shape index (κ2) is 9.64. The first-order valence-electron chi connectivity index (χ1n) is 12.8. The van der Waals surface area contributed by atoms with Crippen LogP contribution >= 0.6 is 11.6 Å². The Balaban J connectivity index is 1.26. The largest absolute Gasteiger partial charge is 0.338 e. The van der Waals surface area contributed by atoms with Gasteiger partial charge in [-0.1, -0.05) is 78.3 Å². The van der Waals surface area contributed by atoms with E-state index in [2.05, 4.69) is 29.2 Å². The number of aromatic nitrogens is 2. The molecule has 2 heterocycles. The molecule has 2 aliphatic rings. The summed E-state index contributed by atoms with van der Waals surface area (Å²) in [6, 6.07) is 26.0. The van der Waals surface area contributed by atoms with Gasteiger partial charge in [0.2, 0.25) is 5.91 Å². The molecule has 0 atom stereocenters. The molecule has 1 aliphatic carbocycles. The van der Waals surface area contributed by atoms with Crippen LogP contribution in [0.4, 0.5) is 0 Å². The van der Waals surface area contributed by atoms with E-state index in [1.807, 2.05) is 59.5 Å². The number of amides is 1. The monoisotopic (exact) mass is 509 g/mol. The second-order valence-corrected chi connectivity index (χ2v) is 10.5. The first-order chi connectivity index (χ1) is 18.0. The lowest BCUT2D eigenvalue weighted by Crippen LogP contribution is -2.34. The van der Waals surface area contributed by atoms with Crippen molar-refractivity contribution >= 4 is 17.5 Å². The van der Waals surface area contributed by atoms with Crippen molar-refractivity contribution in [2.24, 2.45) is 0 Å². The van der Waals surface area contributed by atoms with Crippen LogP contribution in [-0.4, -0.2) is 27.3 Å². The van der Waals surface area contributed by atoms with Gasteiger partial charge in [-0.15, -0.1) is 0 Å². The minimum atomic E-state index is -0.276. The van der Waals surface area contributed by atoms with Gasteiger partial charge in [0, 0.05) is 11.6 Å². The third-order valence-corrected chi connectivity index (χ3v) is 7.90. The smallest absolute Gasteiger partial charge is 0.256 e. The first-order valence-corrected chi connectivity index (χ1v) is 13.2. The van der Waals surface area contributed by atoms with Gasteiger partial charge in [0.1, 0.15) is 5.82 Å². The highest BCUT2D eigenvalue weighted by atomic mass is 35.5. The number of hydrogen-bond donors (Lipinski definition) is 1. The zero-order valence-electron chi connectivity index (χ0n) is 20.5. The summed E-state index contributed by atoms with van der Waals surface area (Å²) in [6.45, 7) is 0.894. The number of aromatic amines is 1. The molecule has 0 radical (unpaired) electrons. The number of carbonyl (C=O) groups is 1. The molecule has 1 N–H and O–H groups in total. The van der Waals surface area contributed by atoms with Crippen molar-refractivity contribution in [2.75, 3.05) is 6.54 Å². The summed E-state index contributed by atoms with van der Waals surface area (Å²) >= 11 is 6.25. The highest BCUT2D eigenvalue weighted by Gasteiger charge is 2.48. The maximum Gasteiger partial charge on any atom is 0.256 e. The zero-order valence-corrected chi connectivity index (χ0v) is 21.3. The molecule has 1 saturated carbocycles. The highest BCUT2D eigenvalue weighted by Crippen LogP contribution is 2.52. The Hall–Kier alpha value is -3.70. The Morgan fingerprint density at radius 2 is 1.78 bits per heavy atom. The Morgan fingerprint density at radius 3 is 2.57 bits per heavy atom. The van der Waals surface area contributed by atoms with Crippen molar-refractivity contribution < 1.29 is 4.79 Å². The van der Waals surface area contributed by atoms with Crippen molar-refractivity contribution in [3.8, 4) is 11.1 Å². The highest BCUT2D eigenvalue weighted by molar-refractivity contribution is 6.30. The van der Waals surface area contributed by atoms with Crippen molar-refractivity contribution in [1.29, 1.82) is 0 Å². The molecule has 5 nitrogen and oxygen atoms in total. The van der Waals surface area contributed by atoms with E-state index in [9.17, 15) is 9.59 Å². The fourth-order valence-electron chi connectivity index (χ4n) is 5.48. The number of rotatable bonds is 5. The third kappa shape index (κ3) is 4.60. The zero-order chi connectivity index (χ0) is 25.4. The summed E-state index contributed by atoms with van der Waals surface area (Å²) in [6.07, 6.45) is 3.62. The lowest BCUT2D eigenvalue weighted by Gasteiger charge is -2.22. The molecule has 3 aromatic carbocycles. The van der Waals surface area contributed by atoms with Crippen molar-refractivity contribution in [1.82, 2.24) is 14.9 Å². The Morgan fingerprint density at radius 1 is 1.00 bits per heavy atom. The molecular formula is C31H28ClN3O2. The number of nitrogens with zero attached hydrogens (tertiary/aromatic N) is 2. The molecule has 186 valence electrons. The van der Waals surface area contributed by atoms with E-state index in [-0.39, 0.29) is 23.4 Å². The number of carbonyl (C=O) groups excluding carboxylic acids is 1. The van der Waals surface area contributed by atoms with Crippen molar-refractivity contribution in [3.63, 3.8) is 0 Å². The Labute approximate surface area is 221 Å². The van der Waals surface area contributed by atoms with E-state index in [1.165, 1.54) is 0 Å². The average molecular weight is 510 g/mol. The SMILES string of the molecule is O=C(Cc1ccccc1-c1ccccc1)N1CCCc2nc(C3(c4cccc(Cl)c4)CC3)[nH]c(=O)c2C1. The fourth-order valence-corrected chi connectivity index (χ4v) is 5.67. The van der Waals surface area contributed by atoms with Gasteiger partial charge in [-0.3, -0.25) is 9.59 Å². The quantitative estimate of drug-likeness (QED) is 0.376. The topological polar surface area (TPSA) is 66.1 Å². The molecule has 37 heavy (non-hydrogen) atoms. The number of aryl methyl sites for hydroxylation is 1. The lowest BCUT2D eigenvalue weighted by molar-refractivity contribution is -0.131. The molecule has 6 rings (SSSR count). The summed E-state index contributed by atoms with van der Waals surface area (Å²) in [5.74, 6) is 0.743. The van der Waals surface area contributed by atoms with E-state index in [0.717, 1.165) is 53.0 Å². The average Bonchev–Trinajstić information content (AvgIpc) is 3.74. The number of nitrogens with one attached hydrogen (secondary N) is 1. The molecule has 0 unspecified atom stereocenters. The van der Waals surface area contributed by atoms with E-state index in [1.54, 1.807) is 0 Å². The first kappa shape index (κ1) is 23.7. The molecule has 6 heteroatoms. The van der Waals surface area contributed by atoms with Gasteiger partial charge >= 0.3 is 0 Å². The van der Waals surface area contributed by atoms with Crippen molar-refractivity contribution in [3.05, 3.63) is 122 Å². The number of fused-ring (bicyclic) bond motifs is 1. The van der Waals surface area contributed by atoms with Crippen molar-refractivity contribution in [2.45, 2.75) is 44.1 Å². The molecule has 1 amide bonds. The van der Waals surface area contributed by atoms with Crippen LogP contribution in [0.25, 0.3) is 11.1 Å². The summed E-state index contributed by atoms with van der Waals surface area (Å²) in [7, 11) is 0. The van der Waals surface area contributed by atoms with Crippen LogP contribution in [0.2, 0.25) is 5.02 Å². The van der Waals surface area contributed by atoms with E-state index >= 15 is 0 Å². The number of hydrogen-bond acceptors (Lipinski definition) is 3. The summed E-state index contributed by atoms with van der Waals surface area (Å²) in [5.41, 5.74) is 5.23. The van der Waals surface area contributed by atoms with Gasteiger partial charge in [0.25, 0.3) is 5.56 Å². The molecule has 0 saturated heterocycles.